The number of benzene rings is 1. The second-order valence-electron chi connectivity index (χ2n) is 7.14. The highest BCUT2D eigenvalue weighted by atomic mass is 16.3. The Labute approximate surface area is 144 Å². The van der Waals surface area contributed by atoms with Gasteiger partial charge >= 0.3 is 0 Å². The highest BCUT2D eigenvalue weighted by molar-refractivity contribution is 5.78. The van der Waals surface area contributed by atoms with Crippen molar-refractivity contribution in [3.8, 4) is 0 Å². The number of nitrogens with zero attached hydrogens (tertiary/aromatic N) is 2. The number of piperidine rings is 1. The van der Waals surface area contributed by atoms with Crippen LogP contribution in [0, 0.1) is 11.8 Å². The molecule has 0 aromatic heterocycles. The summed E-state index contributed by atoms with van der Waals surface area (Å²) in [5.41, 5.74) is 1.28. The molecule has 24 heavy (non-hydrogen) atoms. The second kappa shape index (κ2) is 8.49. The zero-order valence-corrected chi connectivity index (χ0v) is 14.4. The highest BCUT2D eigenvalue weighted by Gasteiger charge is 2.24. The number of rotatable bonds is 6. The third-order valence-corrected chi connectivity index (χ3v) is 5.33. The van der Waals surface area contributed by atoms with Crippen molar-refractivity contribution in [1.29, 1.82) is 0 Å². The van der Waals surface area contributed by atoms with Crippen LogP contribution >= 0.6 is 0 Å². The Morgan fingerprint density at radius 2 is 1.79 bits per heavy atom. The molecule has 1 unspecified atom stereocenters. The average molecular weight is 331 g/mol. The molecule has 2 heterocycles. The van der Waals surface area contributed by atoms with Crippen LogP contribution in [0.3, 0.4) is 0 Å². The molecule has 3 rings (SSSR count). The van der Waals surface area contributed by atoms with Crippen LogP contribution in [0.15, 0.2) is 30.3 Å². The minimum Gasteiger partial charge on any atom is -0.396 e. The summed E-state index contributed by atoms with van der Waals surface area (Å²) in [6, 6.07) is 10.5. The summed E-state index contributed by atoms with van der Waals surface area (Å²) in [4.78, 5) is 16.8. The van der Waals surface area contributed by atoms with Gasteiger partial charge in [-0.2, -0.15) is 0 Å². The van der Waals surface area contributed by atoms with Gasteiger partial charge in [0.15, 0.2) is 0 Å². The van der Waals surface area contributed by atoms with E-state index in [1.165, 1.54) is 5.69 Å². The Morgan fingerprint density at radius 1 is 1.08 bits per heavy atom. The van der Waals surface area contributed by atoms with E-state index in [1.54, 1.807) is 0 Å². The number of anilines is 1. The zero-order chi connectivity index (χ0) is 16.8. The van der Waals surface area contributed by atoms with Gasteiger partial charge in [-0.05, 0) is 56.3 Å². The van der Waals surface area contributed by atoms with Crippen LogP contribution in [-0.2, 0) is 4.79 Å². The summed E-state index contributed by atoms with van der Waals surface area (Å²) < 4.78 is 0. The Hall–Kier alpha value is -1.59. The smallest absolute Gasteiger partial charge is 0.234 e. The van der Waals surface area contributed by atoms with Crippen LogP contribution in [0.4, 0.5) is 5.69 Å². The maximum atomic E-state index is 12.2. The van der Waals surface area contributed by atoms with Crippen molar-refractivity contribution >= 4 is 11.6 Å². The zero-order valence-electron chi connectivity index (χ0n) is 14.4. The number of aliphatic hydroxyl groups excluding tert-OH is 1. The van der Waals surface area contributed by atoms with Gasteiger partial charge in [0.2, 0.25) is 5.91 Å². The first-order valence-electron chi connectivity index (χ1n) is 9.14. The Kier molecular flexibility index (Phi) is 6.10. The van der Waals surface area contributed by atoms with Crippen molar-refractivity contribution in [3.05, 3.63) is 30.3 Å². The predicted molar refractivity (Wildman–Crippen MR) is 96.0 cm³/mol. The van der Waals surface area contributed by atoms with Crippen LogP contribution in [0.5, 0.6) is 0 Å². The molecule has 1 aromatic carbocycles. The van der Waals surface area contributed by atoms with Crippen molar-refractivity contribution in [2.75, 3.05) is 50.8 Å². The van der Waals surface area contributed by atoms with Crippen molar-refractivity contribution in [2.24, 2.45) is 11.8 Å². The molecule has 2 N–H and O–H groups in total. The molecule has 0 spiro atoms. The van der Waals surface area contributed by atoms with Crippen molar-refractivity contribution in [3.63, 3.8) is 0 Å². The number of carbonyl (C=O) groups is 1. The number of carbonyl (C=O) groups excluding carboxylic acids is 1. The van der Waals surface area contributed by atoms with Gasteiger partial charge in [-0.3, -0.25) is 9.69 Å². The molecule has 1 aromatic rings. The third kappa shape index (κ3) is 4.71. The van der Waals surface area contributed by atoms with E-state index in [-0.39, 0.29) is 12.5 Å². The molecule has 132 valence electrons. The Morgan fingerprint density at radius 3 is 2.50 bits per heavy atom. The van der Waals surface area contributed by atoms with Gasteiger partial charge in [0.05, 0.1) is 6.54 Å². The van der Waals surface area contributed by atoms with Gasteiger partial charge in [-0.15, -0.1) is 0 Å². The van der Waals surface area contributed by atoms with E-state index in [0.29, 0.717) is 18.4 Å². The summed E-state index contributed by atoms with van der Waals surface area (Å²) in [6.07, 6.45) is 3.13. The van der Waals surface area contributed by atoms with Crippen LogP contribution in [0.2, 0.25) is 0 Å². The van der Waals surface area contributed by atoms with Crippen LogP contribution in [0.1, 0.15) is 19.3 Å². The molecule has 5 heteroatoms. The Bertz CT molecular complexity index is 515. The molecule has 0 bridgehead atoms. The summed E-state index contributed by atoms with van der Waals surface area (Å²) in [5.74, 6) is 1.09. The fourth-order valence-corrected chi connectivity index (χ4v) is 3.72. The number of amides is 1. The van der Waals surface area contributed by atoms with Gasteiger partial charge in [0.25, 0.3) is 0 Å². The molecule has 0 saturated carbocycles. The van der Waals surface area contributed by atoms with Gasteiger partial charge < -0.3 is 15.3 Å². The van der Waals surface area contributed by atoms with Crippen molar-refractivity contribution in [2.45, 2.75) is 19.3 Å². The number of likely N-dealkylation sites (tertiary alicyclic amines) is 1. The summed E-state index contributed by atoms with van der Waals surface area (Å²) in [7, 11) is 0. The van der Waals surface area contributed by atoms with Crippen molar-refractivity contribution in [1.82, 2.24) is 10.2 Å². The first-order valence-corrected chi connectivity index (χ1v) is 9.14. The second-order valence-corrected chi connectivity index (χ2v) is 7.14. The minimum atomic E-state index is 0.135. The van der Waals surface area contributed by atoms with E-state index in [1.807, 2.05) is 6.07 Å². The highest BCUT2D eigenvalue weighted by Crippen LogP contribution is 2.23. The monoisotopic (exact) mass is 331 g/mol. The standard InChI is InChI=1S/C19H29N3O2/c23-15-16-6-9-21(10-7-16)14-19(24)20-12-17-8-11-22(13-17)18-4-2-1-3-5-18/h1-5,16-17,23H,6-15H2,(H,20,24). The SMILES string of the molecule is O=C(CN1CCC(CO)CC1)NCC1CCN(c2ccccc2)C1. The lowest BCUT2D eigenvalue weighted by atomic mass is 9.98. The average Bonchev–Trinajstić information content (AvgIpc) is 3.10. The van der Waals surface area contributed by atoms with Gasteiger partial charge in [0, 0.05) is 31.9 Å². The lowest BCUT2D eigenvalue weighted by molar-refractivity contribution is -0.122. The van der Waals surface area contributed by atoms with E-state index in [2.05, 4.69) is 39.4 Å². The number of nitrogens with one attached hydrogen (secondary N) is 1. The minimum absolute atomic E-state index is 0.135. The van der Waals surface area contributed by atoms with E-state index in [0.717, 1.165) is 52.0 Å². The van der Waals surface area contributed by atoms with Gasteiger partial charge in [-0.25, -0.2) is 0 Å². The maximum Gasteiger partial charge on any atom is 0.234 e. The van der Waals surface area contributed by atoms with Crippen LogP contribution in [0.25, 0.3) is 0 Å². The van der Waals surface area contributed by atoms with E-state index >= 15 is 0 Å². The summed E-state index contributed by atoms with van der Waals surface area (Å²) in [5, 5.41) is 12.3. The fourth-order valence-electron chi connectivity index (χ4n) is 3.72. The summed E-state index contributed by atoms with van der Waals surface area (Å²) in [6.45, 7) is 5.47. The first kappa shape index (κ1) is 17.2. The number of hydrogen-bond acceptors (Lipinski definition) is 4. The van der Waals surface area contributed by atoms with E-state index < -0.39 is 0 Å². The molecule has 0 radical (unpaired) electrons. The molecule has 2 fully saturated rings. The predicted octanol–water partition coefficient (Wildman–Crippen LogP) is 1.33. The summed E-state index contributed by atoms with van der Waals surface area (Å²) >= 11 is 0. The molecule has 1 amide bonds. The Balaban J connectivity index is 1.35. The van der Waals surface area contributed by atoms with Gasteiger partial charge in [0.1, 0.15) is 0 Å². The van der Waals surface area contributed by atoms with E-state index in [4.69, 9.17) is 5.11 Å². The fraction of sp³-hybridized carbons (Fsp3) is 0.632. The van der Waals surface area contributed by atoms with E-state index in [9.17, 15) is 4.79 Å². The molecular formula is C19H29N3O2. The maximum absolute atomic E-state index is 12.2. The number of aliphatic hydroxyl groups is 1. The largest absolute Gasteiger partial charge is 0.396 e. The van der Waals surface area contributed by atoms with Crippen molar-refractivity contribution < 1.29 is 9.90 Å². The molecule has 2 saturated heterocycles. The topological polar surface area (TPSA) is 55.8 Å². The lowest BCUT2D eigenvalue weighted by Gasteiger charge is -2.30. The molecule has 0 aliphatic carbocycles. The van der Waals surface area contributed by atoms with Crippen LogP contribution in [-0.4, -0.2) is 61.8 Å². The number of hydrogen-bond donors (Lipinski definition) is 2. The molecular weight excluding hydrogens is 302 g/mol. The molecule has 2 aliphatic heterocycles. The normalized spacial score (nSPS) is 22.7. The number of para-hydroxylation sites is 1. The molecule has 5 nitrogen and oxygen atoms in total. The molecule has 1 atom stereocenters. The van der Waals surface area contributed by atoms with Gasteiger partial charge in [-0.1, -0.05) is 18.2 Å². The first-order chi connectivity index (χ1) is 11.7. The molecule has 2 aliphatic rings. The lowest BCUT2D eigenvalue weighted by Crippen LogP contribution is -2.43. The van der Waals surface area contributed by atoms with Crippen LogP contribution < -0.4 is 10.2 Å². The quantitative estimate of drug-likeness (QED) is 0.826. The third-order valence-electron chi connectivity index (χ3n) is 5.33.